The molecule has 0 saturated heterocycles. The minimum Gasteiger partial charge on any atom is -0.343 e. The SMILES string of the molecule is CCC(C)CN(CC)C(=O)CC1(N)CCCC1. The Morgan fingerprint density at radius 3 is 2.41 bits per heavy atom. The minimum absolute atomic E-state index is 0.208. The molecule has 1 amide bonds. The van der Waals surface area contributed by atoms with Gasteiger partial charge in [0.2, 0.25) is 5.91 Å². The van der Waals surface area contributed by atoms with Gasteiger partial charge in [0.25, 0.3) is 0 Å². The van der Waals surface area contributed by atoms with Gasteiger partial charge in [-0.2, -0.15) is 0 Å². The van der Waals surface area contributed by atoms with Crippen LogP contribution in [0.15, 0.2) is 0 Å². The summed E-state index contributed by atoms with van der Waals surface area (Å²) in [6, 6.07) is 0. The van der Waals surface area contributed by atoms with Gasteiger partial charge in [-0.15, -0.1) is 0 Å². The summed E-state index contributed by atoms with van der Waals surface area (Å²) in [5, 5.41) is 0. The Balaban J connectivity index is 2.48. The molecule has 1 unspecified atom stereocenters. The van der Waals surface area contributed by atoms with E-state index in [0.717, 1.165) is 32.4 Å². The Hall–Kier alpha value is -0.570. The number of amides is 1. The number of rotatable bonds is 6. The van der Waals surface area contributed by atoms with Crippen molar-refractivity contribution in [3.05, 3.63) is 0 Å². The van der Waals surface area contributed by atoms with Gasteiger partial charge >= 0.3 is 0 Å². The fourth-order valence-electron chi connectivity index (χ4n) is 2.58. The lowest BCUT2D eigenvalue weighted by Gasteiger charge is -2.29. The molecular formula is C14H28N2O. The minimum atomic E-state index is -0.208. The number of hydrogen-bond donors (Lipinski definition) is 1. The van der Waals surface area contributed by atoms with E-state index in [-0.39, 0.29) is 11.4 Å². The maximum absolute atomic E-state index is 12.2. The zero-order chi connectivity index (χ0) is 12.9. The number of carbonyl (C=O) groups is 1. The first-order valence-corrected chi connectivity index (χ1v) is 7.07. The van der Waals surface area contributed by atoms with Gasteiger partial charge in [-0.1, -0.05) is 33.1 Å². The van der Waals surface area contributed by atoms with Crippen molar-refractivity contribution < 1.29 is 4.79 Å². The first-order chi connectivity index (χ1) is 8.00. The van der Waals surface area contributed by atoms with Crippen LogP contribution >= 0.6 is 0 Å². The van der Waals surface area contributed by atoms with Crippen molar-refractivity contribution in [2.75, 3.05) is 13.1 Å². The van der Waals surface area contributed by atoms with Crippen LogP contribution in [0.5, 0.6) is 0 Å². The second kappa shape index (κ2) is 6.39. The molecule has 3 heteroatoms. The molecule has 0 aromatic rings. The lowest BCUT2D eigenvalue weighted by Crippen LogP contribution is -2.44. The third-order valence-corrected chi connectivity index (χ3v) is 4.07. The smallest absolute Gasteiger partial charge is 0.224 e. The van der Waals surface area contributed by atoms with E-state index < -0.39 is 0 Å². The lowest BCUT2D eigenvalue weighted by atomic mass is 9.94. The van der Waals surface area contributed by atoms with Gasteiger partial charge < -0.3 is 10.6 Å². The predicted molar refractivity (Wildman–Crippen MR) is 71.7 cm³/mol. The summed E-state index contributed by atoms with van der Waals surface area (Å²) in [4.78, 5) is 14.2. The molecule has 0 heterocycles. The number of nitrogens with zero attached hydrogens (tertiary/aromatic N) is 1. The maximum Gasteiger partial charge on any atom is 0.224 e. The topological polar surface area (TPSA) is 46.3 Å². The molecule has 1 fully saturated rings. The molecule has 2 N–H and O–H groups in total. The monoisotopic (exact) mass is 240 g/mol. The van der Waals surface area contributed by atoms with E-state index in [1.165, 1.54) is 12.8 Å². The normalized spacial score (nSPS) is 20.2. The molecule has 100 valence electrons. The Bertz CT molecular complexity index is 247. The Labute approximate surface area is 106 Å². The first kappa shape index (κ1) is 14.5. The average molecular weight is 240 g/mol. The molecule has 0 radical (unpaired) electrons. The summed E-state index contributed by atoms with van der Waals surface area (Å²) in [6.07, 6.45) is 6.05. The van der Waals surface area contributed by atoms with Crippen LogP contribution in [-0.2, 0) is 4.79 Å². The zero-order valence-corrected chi connectivity index (χ0v) is 11.7. The highest BCUT2D eigenvalue weighted by atomic mass is 16.2. The van der Waals surface area contributed by atoms with Crippen LogP contribution in [0.3, 0.4) is 0 Å². The van der Waals surface area contributed by atoms with Gasteiger partial charge in [0, 0.05) is 25.0 Å². The second-order valence-electron chi connectivity index (χ2n) is 5.69. The van der Waals surface area contributed by atoms with E-state index >= 15 is 0 Å². The molecule has 1 aliphatic rings. The molecule has 1 atom stereocenters. The Morgan fingerprint density at radius 2 is 1.94 bits per heavy atom. The quantitative estimate of drug-likeness (QED) is 0.775. The first-order valence-electron chi connectivity index (χ1n) is 7.07. The van der Waals surface area contributed by atoms with Gasteiger partial charge in [0.1, 0.15) is 0 Å². The Kier molecular flexibility index (Phi) is 5.44. The standard InChI is InChI=1S/C14H28N2O/c1-4-12(3)11-16(5-2)13(17)10-14(15)8-6-7-9-14/h12H,4-11,15H2,1-3H3. The fraction of sp³-hybridized carbons (Fsp3) is 0.929. The maximum atomic E-state index is 12.2. The van der Waals surface area contributed by atoms with Crippen LogP contribution in [0.4, 0.5) is 0 Å². The summed E-state index contributed by atoms with van der Waals surface area (Å²) in [7, 11) is 0. The highest BCUT2D eigenvalue weighted by Crippen LogP contribution is 2.30. The molecule has 3 nitrogen and oxygen atoms in total. The van der Waals surface area contributed by atoms with Crippen LogP contribution in [0.25, 0.3) is 0 Å². The van der Waals surface area contributed by atoms with Crippen molar-refractivity contribution in [3.63, 3.8) is 0 Å². The molecular weight excluding hydrogens is 212 g/mol. The van der Waals surface area contributed by atoms with Crippen LogP contribution in [0, 0.1) is 5.92 Å². The zero-order valence-electron chi connectivity index (χ0n) is 11.7. The third-order valence-electron chi connectivity index (χ3n) is 4.07. The van der Waals surface area contributed by atoms with E-state index in [1.54, 1.807) is 0 Å². The number of hydrogen-bond acceptors (Lipinski definition) is 2. The predicted octanol–water partition coefficient (Wildman–Crippen LogP) is 2.54. The summed E-state index contributed by atoms with van der Waals surface area (Å²) >= 11 is 0. The molecule has 0 aromatic heterocycles. The van der Waals surface area contributed by atoms with Crippen molar-refractivity contribution >= 4 is 5.91 Å². The van der Waals surface area contributed by atoms with Gasteiger partial charge in [-0.05, 0) is 25.7 Å². The van der Waals surface area contributed by atoms with Gasteiger partial charge in [0.05, 0.1) is 0 Å². The van der Waals surface area contributed by atoms with Crippen molar-refractivity contribution in [2.45, 2.75) is 64.8 Å². The van der Waals surface area contributed by atoms with Gasteiger partial charge in [-0.25, -0.2) is 0 Å². The van der Waals surface area contributed by atoms with E-state index in [0.29, 0.717) is 12.3 Å². The fourth-order valence-corrected chi connectivity index (χ4v) is 2.58. The molecule has 17 heavy (non-hydrogen) atoms. The summed E-state index contributed by atoms with van der Waals surface area (Å²) in [5.41, 5.74) is 6.06. The summed E-state index contributed by atoms with van der Waals surface area (Å²) in [6.45, 7) is 8.10. The van der Waals surface area contributed by atoms with Crippen LogP contribution in [-0.4, -0.2) is 29.4 Å². The van der Waals surface area contributed by atoms with Crippen molar-refractivity contribution in [2.24, 2.45) is 11.7 Å². The highest BCUT2D eigenvalue weighted by molar-refractivity contribution is 5.77. The molecule has 1 rings (SSSR count). The van der Waals surface area contributed by atoms with E-state index in [9.17, 15) is 4.79 Å². The largest absolute Gasteiger partial charge is 0.343 e. The lowest BCUT2D eigenvalue weighted by molar-refractivity contribution is -0.132. The van der Waals surface area contributed by atoms with Crippen molar-refractivity contribution in [1.29, 1.82) is 0 Å². The van der Waals surface area contributed by atoms with E-state index in [2.05, 4.69) is 20.8 Å². The summed E-state index contributed by atoms with van der Waals surface area (Å²) in [5.74, 6) is 0.827. The highest BCUT2D eigenvalue weighted by Gasteiger charge is 2.33. The molecule has 1 aliphatic carbocycles. The molecule has 0 spiro atoms. The van der Waals surface area contributed by atoms with Crippen LogP contribution in [0.2, 0.25) is 0 Å². The van der Waals surface area contributed by atoms with Crippen molar-refractivity contribution in [3.8, 4) is 0 Å². The number of nitrogens with two attached hydrogens (primary N) is 1. The van der Waals surface area contributed by atoms with E-state index in [4.69, 9.17) is 5.73 Å². The van der Waals surface area contributed by atoms with Crippen LogP contribution in [0.1, 0.15) is 59.3 Å². The van der Waals surface area contributed by atoms with E-state index in [1.807, 2.05) is 4.90 Å². The third kappa shape index (κ3) is 4.30. The van der Waals surface area contributed by atoms with Gasteiger partial charge in [-0.3, -0.25) is 4.79 Å². The number of carbonyl (C=O) groups excluding carboxylic acids is 1. The van der Waals surface area contributed by atoms with Crippen molar-refractivity contribution in [1.82, 2.24) is 4.90 Å². The van der Waals surface area contributed by atoms with Crippen LogP contribution < -0.4 is 5.73 Å². The molecule has 0 bridgehead atoms. The van der Waals surface area contributed by atoms with Gasteiger partial charge in [0.15, 0.2) is 0 Å². The summed E-state index contributed by atoms with van der Waals surface area (Å²) < 4.78 is 0. The molecule has 0 aliphatic heterocycles. The molecule has 0 aromatic carbocycles. The molecule has 1 saturated carbocycles. The second-order valence-corrected chi connectivity index (χ2v) is 5.69. The average Bonchev–Trinajstić information content (AvgIpc) is 2.71. The Morgan fingerprint density at radius 1 is 1.35 bits per heavy atom.